The van der Waals surface area contributed by atoms with Gasteiger partial charge in [0.05, 0.1) is 4.92 Å². The highest BCUT2D eigenvalue weighted by Crippen LogP contribution is 2.21. The highest BCUT2D eigenvalue weighted by Gasteiger charge is 2.23. The summed E-state index contributed by atoms with van der Waals surface area (Å²) in [5.74, 6) is -1.09. The minimum Gasteiger partial charge on any atom is -0.454 e. The fourth-order valence-corrected chi connectivity index (χ4v) is 2.31. The van der Waals surface area contributed by atoms with Crippen LogP contribution in [-0.4, -0.2) is 40.2 Å². The topological polar surface area (TPSA) is 108 Å². The molecule has 9 heteroatoms. The molecule has 1 amide bonds. The van der Waals surface area contributed by atoms with Crippen LogP contribution in [0.15, 0.2) is 30.3 Å². The Morgan fingerprint density at radius 1 is 1.28 bits per heavy atom. The van der Waals surface area contributed by atoms with Gasteiger partial charge in [0.1, 0.15) is 17.9 Å². The molecule has 0 spiro atoms. The maximum Gasteiger partial charge on any atom is 0.328 e. The van der Waals surface area contributed by atoms with Crippen LogP contribution in [-0.2, 0) is 20.9 Å². The van der Waals surface area contributed by atoms with Crippen molar-refractivity contribution in [3.63, 3.8) is 0 Å². The van der Waals surface area contributed by atoms with Crippen LogP contribution in [0.1, 0.15) is 11.4 Å². The van der Waals surface area contributed by atoms with Gasteiger partial charge in [0.25, 0.3) is 5.91 Å². The predicted octanol–water partition coefficient (Wildman–Crippen LogP) is 1.61. The lowest BCUT2D eigenvalue weighted by atomic mass is 10.3. The second-order valence-electron chi connectivity index (χ2n) is 5.38. The highest BCUT2D eigenvalue weighted by molar-refractivity contribution is 5.94. The number of likely N-dealkylation sites (N-methyl/N-ethyl adjacent to an activating group) is 1. The third kappa shape index (κ3) is 4.19. The van der Waals surface area contributed by atoms with Gasteiger partial charge in [-0.25, -0.2) is 0 Å². The Bertz CT molecular complexity index is 800. The number of rotatable bonds is 6. The van der Waals surface area contributed by atoms with Crippen molar-refractivity contribution in [2.45, 2.75) is 20.4 Å². The van der Waals surface area contributed by atoms with Crippen molar-refractivity contribution in [2.24, 2.45) is 0 Å². The van der Waals surface area contributed by atoms with E-state index >= 15 is 0 Å². The number of aromatic nitrogens is 2. The van der Waals surface area contributed by atoms with Crippen LogP contribution in [0.4, 0.5) is 11.4 Å². The van der Waals surface area contributed by atoms with Gasteiger partial charge in [-0.2, -0.15) is 5.10 Å². The summed E-state index contributed by atoms with van der Waals surface area (Å²) in [6.45, 7) is 2.26. The smallest absolute Gasteiger partial charge is 0.328 e. The first kappa shape index (κ1) is 18.1. The van der Waals surface area contributed by atoms with E-state index in [4.69, 9.17) is 4.74 Å². The quantitative estimate of drug-likeness (QED) is 0.447. The van der Waals surface area contributed by atoms with Gasteiger partial charge < -0.3 is 9.64 Å². The van der Waals surface area contributed by atoms with E-state index in [2.05, 4.69) is 5.10 Å². The number of benzene rings is 1. The molecule has 1 heterocycles. The first-order chi connectivity index (χ1) is 11.8. The van der Waals surface area contributed by atoms with E-state index in [1.807, 2.05) is 6.07 Å². The molecule has 25 heavy (non-hydrogen) atoms. The fourth-order valence-electron chi connectivity index (χ4n) is 2.31. The monoisotopic (exact) mass is 346 g/mol. The number of carbonyl (C=O) groups is 2. The summed E-state index contributed by atoms with van der Waals surface area (Å²) < 4.78 is 6.15. The van der Waals surface area contributed by atoms with Gasteiger partial charge in [0.15, 0.2) is 6.61 Å². The van der Waals surface area contributed by atoms with Crippen LogP contribution >= 0.6 is 0 Å². The number of ether oxygens (including phenoxy) is 1. The minimum absolute atomic E-state index is 0.132. The zero-order valence-corrected chi connectivity index (χ0v) is 14.1. The molecular formula is C16H18N4O5. The van der Waals surface area contributed by atoms with Crippen LogP contribution in [0.25, 0.3) is 0 Å². The van der Waals surface area contributed by atoms with Crippen molar-refractivity contribution < 1.29 is 19.2 Å². The van der Waals surface area contributed by atoms with Crippen LogP contribution in [0.3, 0.4) is 0 Å². The number of para-hydroxylation sites is 1. The average Bonchev–Trinajstić information content (AvgIpc) is 2.86. The lowest BCUT2D eigenvalue weighted by Crippen LogP contribution is -2.31. The molecule has 0 aliphatic rings. The van der Waals surface area contributed by atoms with E-state index in [1.54, 1.807) is 31.3 Å². The standard InChI is InChI=1S/C16H18N4O5/c1-11-16(20(23)24)12(2)19(17-11)9-15(22)25-10-14(21)18(3)13-7-5-4-6-8-13/h4-8H,9-10H2,1-3H3. The van der Waals surface area contributed by atoms with Gasteiger partial charge in [0.2, 0.25) is 0 Å². The number of esters is 1. The number of amides is 1. The van der Waals surface area contributed by atoms with Crippen molar-refractivity contribution in [1.82, 2.24) is 9.78 Å². The van der Waals surface area contributed by atoms with Gasteiger partial charge in [-0.05, 0) is 26.0 Å². The summed E-state index contributed by atoms with van der Waals surface area (Å²) in [6, 6.07) is 8.93. The van der Waals surface area contributed by atoms with Gasteiger partial charge in [-0.1, -0.05) is 18.2 Å². The molecule has 9 nitrogen and oxygen atoms in total. The molecule has 1 aromatic heterocycles. The van der Waals surface area contributed by atoms with Crippen molar-refractivity contribution >= 4 is 23.3 Å². The molecule has 0 N–H and O–H groups in total. The second kappa shape index (κ2) is 7.56. The first-order valence-corrected chi connectivity index (χ1v) is 7.47. The number of anilines is 1. The molecule has 132 valence electrons. The van der Waals surface area contributed by atoms with Gasteiger partial charge in [-0.3, -0.25) is 24.4 Å². The number of aryl methyl sites for hydroxylation is 1. The van der Waals surface area contributed by atoms with Crippen molar-refractivity contribution in [2.75, 3.05) is 18.6 Å². The minimum atomic E-state index is -0.699. The zero-order valence-electron chi connectivity index (χ0n) is 14.1. The predicted molar refractivity (Wildman–Crippen MR) is 89.2 cm³/mol. The number of nitro groups is 1. The number of hydrogen-bond donors (Lipinski definition) is 0. The molecule has 0 atom stereocenters. The Kier molecular flexibility index (Phi) is 5.48. The van der Waals surface area contributed by atoms with E-state index in [0.717, 1.165) is 0 Å². The molecule has 0 fully saturated rings. The summed E-state index contributed by atoms with van der Waals surface area (Å²) >= 11 is 0. The molecule has 0 saturated heterocycles. The molecule has 2 aromatic rings. The van der Waals surface area contributed by atoms with E-state index in [0.29, 0.717) is 5.69 Å². The van der Waals surface area contributed by atoms with E-state index < -0.39 is 17.5 Å². The number of carbonyl (C=O) groups excluding carboxylic acids is 2. The number of hydrogen-bond acceptors (Lipinski definition) is 6. The van der Waals surface area contributed by atoms with Gasteiger partial charge >= 0.3 is 11.7 Å². The Morgan fingerprint density at radius 3 is 2.48 bits per heavy atom. The third-order valence-corrected chi connectivity index (χ3v) is 3.68. The van der Waals surface area contributed by atoms with Crippen LogP contribution < -0.4 is 4.90 Å². The Labute approximate surface area is 143 Å². The van der Waals surface area contributed by atoms with E-state index in [9.17, 15) is 19.7 Å². The lowest BCUT2D eigenvalue weighted by molar-refractivity contribution is -0.386. The van der Waals surface area contributed by atoms with E-state index in [1.165, 1.54) is 23.4 Å². The van der Waals surface area contributed by atoms with Crippen molar-refractivity contribution in [3.8, 4) is 0 Å². The Balaban J connectivity index is 1.94. The summed E-state index contributed by atoms with van der Waals surface area (Å²) in [7, 11) is 1.58. The third-order valence-electron chi connectivity index (χ3n) is 3.68. The molecule has 1 aromatic carbocycles. The Hall–Kier alpha value is -3.23. The van der Waals surface area contributed by atoms with Crippen LogP contribution in [0.5, 0.6) is 0 Å². The summed E-state index contributed by atoms with van der Waals surface area (Å²) in [4.78, 5) is 35.7. The molecule has 0 aliphatic carbocycles. The maximum absolute atomic E-state index is 12.1. The second-order valence-corrected chi connectivity index (χ2v) is 5.38. The van der Waals surface area contributed by atoms with Crippen LogP contribution in [0.2, 0.25) is 0 Å². The van der Waals surface area contributed by atoms with E-state index in [-0.39, 0.29) is 29.5 Å². The molecule has 2 rings (SSSR count). The molecule has 0 unspecified atom stereocenters. The van der Waals surface area contributed by atoms with Gasteiger partial charge in [-0.15, -0.1) is 0 Å². The van der Waals surface area contributed by atoms with Crippen molar-refractivity contribution in [1.29, 1.82) is 0 Å². The first-order valence-electron chi connectivity index (χ1n) is 7.47. The van der Waals surface area contributed by atoms with Gasteiger partial charge in [0, 0.05) is 12.7 Å². The summed E-state index contributed by atoms with van der Waals surface area (Å²) in [6.07, 6.45) is 0. The molecule has 0 aliphatic heterocycles. The normalized spacial score (nSPS) is 10.4. The highest BCUT2D eigenvalue weighted by atomic mass is 16.6. The average molecular weight is 346 g/mol. The van der Waals surface area contributed by atoms with Crippen molar-refractivity contribution in [3.05, 3.63) is 51.8 Å². The summed E-state index contributed by atoms with van der Waals surface area (Å²) in [5.41, 5.74) is 1.02. The summed E-state index contributed by atoms with van der Waals surface area (Å²) in [5, 5.41) is 14.9. The number of nitrogens with zero attached hydrogens (tertiary/aromatic N) is 4. The van der Waals surface area contributed by atoms with Crippen LogP contribution in [0, 0.1) is 24.0 Å². The SMILES string of the molecule is Cc1nn(CC(=O)OCC(=O)N(C)c2ccccc2)c(C)c1[N+](=O)[O-]. The molecular weight excluding hydrogens is 328 g/mol. The largest absolute Gasteiger partial charge is 0.454 e. The zero-order chi connectivity index (χ0) is 18.6. The molecule has 0 radical (unpaired) electrons. The lowest BCUT2D eigenvalue weighted by Gasteiger charge is -2.17. The molecule has 0 saturated carbocycles. The fraction of sp³-hybridized carbons (Fsp3) is 0.312. The Morgan fingerprint density at radius 2 is 1.92 bits per heavy atom. The molecule has 0 bridgehead atoms. The maximum atomic E-state index is 12.1.